The molecule has 2 aliphatic heterocycles. The highest BCUT2D eigenvalue weighted by atomic mass is 32.1. The Labute approximate surface area is 365 Å². The summed E-state index contributed by atoms with van der Waals surface area (Å²) in [6, 6.07) is 43.5. The molecule has 1 unspecified atom stereocenters. The number of hydrogen-bond donors (Lipinski definition) is 0. The van der Waals surface area contributed by atoms with E-state index in [-0.39, 0.29) is 34.3 Å². The molecule has 0 radical (unpaired) electrons. The Bertz CT molecular complexity index is 3090. The molecule has 8 aromatic rings. The number of rotatable bonds is 2. The van der Waals surface area contributed by atoms with Gasteiger partial charge in [0.05, 0.1) is 16.1 Å². The Kier molecular flexibility index (Phi) is 8.11. The second-order valence-electron chi connectivity index (χ2n) is 21.7. The highest BCUT2D eigenvalue weighted by Gasteiger charge is 2.47. The maximum absolute atomic E-state index is 2.74. The topological polar surface area (TPSA) is 3.24 Å². The molecule has 0 saturated heterocycles. The van der Waals surface area contributed by atoms with E-state index >= 15 is 0 Å². The molecular weight excluding hydrogens is 762 g/mol. The minimum absolute atomic E-state index is 0.0198. The van der Waals surface area contributed by atoms with E-state index in [1.54, 1.807) is 0 Å². The summed E-state index contributed by atoms with van der Waals surface area (Å²) in [6.07, 6.45) is 2.41. The van der Waals surface area contributed by atoms with E-state index in [0.717, 1.165) is 0 Å². The average molecular weight is 818 g/mol. The number of aryl methyl sites for hydroxylation is 1. The van der Waals surface area contributed by atoms with Crippen LogP contribution in [0.15, 0.2) is 109 Å². The Morgan fingerprint density at radius 3 is 1.98 bits per heavy atom. The van der Waals surface area contributed by atoms with Crippen LogP contribution in [-0.2, 0) is 21.7 Å². The summed E-state index contributed by atoms with van der Waals surface area (Å²) >= 11 is 4.01. The van der Waals surface area contributed by atoms with Crippen LogP contribution in [0.5, 0.6) is 0 Å². The van der Waals surface area contributed by atoms with Gasteiger partial charge in [-0.15, -0.1) is 22.7 Å². The van der Waals surface area contributed by atoms with Crippen molar-refractivity contribution < 1.29 is 0 Å². The predicted octanol–water partition coefficient (Wildman–Crippen LogP) is 14.3. The summed E-state index contributed by atoms with van der Waals surface area (Å²) in [5, 5.41) is 4.09. The molecule has 300 valence electrons. The van der Waals surface area contributed by atoms with Crippen LogP contribution in [0.4, 0.5) is 17.1 Å². The zero-order valence-electron chi connectivity index (χ0n) is 37.2. The second-order valence-corrected chi connectivity index (χ2v) is 23.8. The lowest BCUT2D eigenvalue weighted by atomic mass is 9.33. The molecule has 0 fully saturated rings. The van der Waals surface area contributed by atoms with Gasteiger partial charge in [-0.2, -0.15) is 0 Å². The number of nitrogens with zero attached hydrogens (tertiary/aromatic N) is 1. The number of anilines is 3. The Morgan fingerprint density at radius 2 is 1.27 bits per heavy atom. The lowest BCUT2D eigenvalue weighted by molar-refractivity contribution is 0.332. The molecule has 11 rings (SSSR count). The average Bonchev–Trinajstić information content (AvgIpc) is 3.77. The van der Waals surface area contributed by atoms with E-state index in [4.69, 9.17) is 0 Å². The summed E-state index contributed by atoms with van der Waals surface area (Å²) in [7, 11) is 0. The van der Waals surface area contributed by atoms with Crippen molar-refractivity contribution in [2.24, 2.45) is 0 Å². The van der Waals surface area contributed by atoms with Crippen molar-refractivity contribution >= 4 is 92.4 Å². The molecule has 3 aliphatic rings. The molecule has 1 aliphatic carbocycles. The van der Waals surface area contributed by atoms with Crippen LogP contribution in [0.25, 0.3) is 30.3 Å². The van der Waals surface area contributed by atoms with Crippen molar-refractivity contribution in [2.45, 2.75) is 117 Å². The van der Waals surface area contributed by atoms with Gasteiger partial charge >= 0.3 is 0 Å². The van der Waals surface area contributed by atoms with Crippen molar-refractivity contribution in [1.29, 1.82) is 0 Å². The lowest BCUT2D eigenvalue weighted by Gasteiger charge is -2.43. The van der Waals surface area contributed by atoms with E-state index in [9.17, 15) is 0 Å². The largest absolute Gasteiger partial charge is 0.309 e. The number of fused-ring (bicyclic) bond motifs is 10. The maximum Gasteiger partial charge on any atom is 0.260 e. The molecule has 6 aromatic carbocycles. The van der Waals surface area contributed by atoms with E-state index < -0.39 is 0 Å². The molecule has 60 heavy (non-hydrogen) atoms. The van der Waals surface area contributed by atoms with E-state index in [2.05, 4.69) is 202 Å². The summed E-state index contributed by atoms with van der Waals surface area (Å²) < 4.78 is 5.60. The van der Waals surface area contributed by atoms with Gasteiger partial charge in [0, 0.05) is 41.9 Å². The minimum Gasteiger partial charge on any atom is -0.309 e. The van der Waals surface area contributed by atoms with Crippen LogP contribution in [0.2, 0.25) is 0 Å². The van der Waals surface area contributed by atoms with Crippen LogP contribution in [-0.4, -0.2) is 6.71 Å². The molecule has 0 saturated carbocycles. The third-order valence-electron chi connectivity index (χ3n) is 14.6. The fourth-order valence-corrected chi connectivity index (χ4v) is 13.6. The predicted molar refractivity (Wildman–Crippen MR) is 265 cm³/mol. The first-order chi connectivity index (χ1) is 28.4. The molecule has 1 atom stereocenters. The number of hydrogen-bond acceptors (Lipinski definition) is 3. The van der Waals surface area contributed by atoms with Crippen LogP contribution >= 0.6 is 22.7 Å². The van der Waals surface area contributed by atoms with Crippen molar-refractivity contribution in [1.82, 2.24) is 0 Å². The van der Waals surface area contributed by atoms with Crippen LogP contribution in [0.3, 0.4) is 0 Å². The van der Waals surface area contributed by atoms with Gasteiger partial charge < -0.3 is 4.90 Å². The molecule has 0 amide bonds. The third kappa shape index (κ3) is 5.55. The fraction of sp³-hybridized carbons (Fsp3) is 0.321. The molecule has 4 heterocycles. The highest BCUT2D eigenvalue weighted by Crippen LogP contribution is 2.54. The van der Waals surface area contributed by atoms with Gasteiger partial charge in [-0.3, -0.25) is 0 Å². The summed E-state index contributed by atoms with van der Waals surface area (Å²) in [5.74, 6) is 0.125. The van der Waals surface area contributed by atoms with Gasteiger partial charge in [-0.25, -0.2) is 0 Å². The van der Waals surface area contributed by atoms with Gasteiger partial charge in [0.2, 0.25) is 0 Å². The smallest absolute Gasteiger partial charge is 0.260 e. The lowest BCUT2D eigenvalue weighted by Crippen LogP contribution is -2.61. The third-order valence-corrected chi connectivity index (χ3v) is 17.0. The van der Waals surface area contributed by atoms with Gasteiger partial charge in [0.15, 0.2) is 0 Å². The normalized spacial score (nSPS) is 17.8. The minimum atomic E-state index is 0.0198. The first-order valence-electron chi connectivity index (χ1n) is 22.1. The van der Waals surface area contributed by atoms with Gasteiger partial charge in [0.25, 0.3) is 6.71 Å². The molecule has 0 spiro atoms. The molecule has 2 aromatic heterocycles. The zero-order valence-corrected chi connectivity index (χ0v) is 38.9. The zero-order chi connectivity index (χ0) is 41.8. The van der Waals surface area contributed by atoms with Crippen molar-refractivity contribution in [3.63, 3.8) is 0 Å². The quantitative estimate of drug-likeness (QED) is 0.157. The van der Waals surface area contributed by atoms with Crippen molar-refractivity contribution in [3.8, 4) is 0 Å². The molecule has 1 nitrogen and oxygen atoms in total. The Hall–Kier alpha value is -4.64. The molecule has 4 heteroatoms. The van der Waals surface area contributed by atoms with E-state index in [0.29, 0.717) is 0 Å². The van der Waals surface area contributed by atoms with Gasteiger partial charge in [0.1, 0.15) is 0 Å². The summed E-state index contributed by atoms with van der Waals surface area (Å²) in [5.41, 5.74) is 18.7. The molecular formula is C56H56BNS2. The van der Waals surface area contributed by atoms with Gasteiger partial charge in [-0.1, -0.05) is 154 Å². The Balaban J connectivity index is 1.28. The van der Waals surface area contributed by atoms with Gasteiger partial charge in [-0.05, 0) is 122 Å². The summed E-state index contributed by atoms with van der Waals surface area (Å²) in [6.45, 7) is 26.4. The standard InChI is InChI=1S/C56H56BNS2/c1-32-27-40-48(33-19-21-34(22-20-33)53(2,3)4)38-24-23-35(54(5,6)7)29-43(38)57-49(40)45(28-32)58(44-17-14-16-37-36-15-12-13-18-46(36)59-51(37)44)50-39-30-41-42(31-47(39)60-52(50)57)56(10,11)26-25-55(41,8)9/h12-24,27-31,48H,25-26H2,1-11H3. The van der Waals surface area contributed by atoms with Crippen molar-refractivity contribution in [2.75, 3.05) is 4.90 Å². The Morgan fingerprint density at radius 1 is 0.600 bits per heavy atom. The first-order valence-corrected chi connectivity index (χ1v) is 23.7. The molecule has 0 N–H and O–H groups in total. The van der Waals surface area contributed by atoms with Crippen LogP contribution < -0.4 is 20.6 Å². The first kappa shape index (κ1) is 38.3. The molecule has 0 bridgehead atoms. The number of benzene rings is 6. The highest BCUT2D eigenvalue weighted by molar-refractivity contribution is 7.33. The monoisotopic (exact) mass is 817 g/mol. The second kappa shape index (κ2) is 12.7. The number of thiophene rings is 2. The van der Waals surface area contributed by atoms with E-state index in [1.165, 1.54) is 120 Å². The fourth-order valence-electron chi connectivity index (χ4n) is 11.1. The van der Waals surface area contributed by atoms with E-state index in [1.807, 2.05) is 11.3 Å². The van der Waals surface area contributed by atoms with Crippen LogP contribution in [0, 0.1) is 6.92 Å². The SMILES string of the molecule is Cc1cc2c3c(c1)N(c1cccc4c1sc1ccccc14)c1c(sc4cc5c(cc14)C(C)(C)CCC5(C)C)B3c1cc(C(C)(C)C)ccc1C2c1ccc(C(C)(C)C)cc1. The van der Waals surface area contributed by atoms with Crippen LogP contribution in [0.1, 0.15) is 133 Å². The van der Waals surface area contributed by atoms with Crippen molar-refractivity contribution in [3.05, 3.63) is 154 Å². The maximum atomic E-state index is 2.74. The summed E-state index contributed by atoms with van der Waals surface area (Å²) in [4.78, 5) is 2.74.